The lowest BCUT2D eigenvalue weighted by Gasteiger charge is -2.22. The van der Waals surface area contributed by atoms with Gasteiger partial charge < -0.3 is 14.7 Å². The van der Waals surface area contributed by atoms with Crippen LogP contribution in [0.4, 0.5) is 4.39 Å². The van der Waals surface area contributed by atoms with Crippen LogP contribution in [0.5, 0.6) is 0 Å². The number of hydrogen-bond donors (Lipinski definition) is 1. The minimum Gasteiger partial charge on any atom is -0.480 e. The van der Waals surface area contributed by atoms with Crippen LogP contribution in [0.25, 0.3) is 5.69 Å². The summed E-state index contributed by atoms with van der Waals surface area (Å²) in [7, 11) is 0. The van der Waals surface area contributed by atoms with Crippen molar-refractivity contribution in [2.75, 3.05) is 19.7 Å². The zero-order valence-corrected chi connectivity index (χ0v) is 13.5. The van der Waals surface area contributed by atoms with Crippen molar-refractivity contribution in [3.05, 3.63) is 48.0 Å². The molecule has 25 heavy (non-hydrogen) atoms. The lowest BCUT2D eigenvalue weighted by molar-refractivity contribution is -0.138. The van der Waals surface area contributed by atoms with Gasteiger partial charge in [-0.2, -0.15) is 5.10 Å². The SMILES string of the molecule is O=C(O)CN(CC1CCCO1)C(=O)c1ccn(-c2ccc(F)cc2)n1. The molecule has 0 aliphatic carbocycles. The quantitative estimate of drug-likeness (QED) is 0.860. The van der Waals surface area contributed by atoms with E-state index in [1.165, 1.54) is 39.9 Å². The van der Waals surface area contributed by atoms with Gasteiger partial charge in [-0.05, 0) is 43.2 Å². The lowest BCUT2D eigenvalue weighted by Crippen LogP contribution is -2.41. The largest absolute Gasteiger partial charge is 0.480 e. The number of aromatic nitrogens is 2. The zero-order chi connectivity index (χ0) is 17.8. The van der Waals surface area contributed by atoms with Crippen LogP contribution in [0.15, 0.2) is 36.5 Å². The Morgan fingerprint density at radius 2 is 2.08 bits per heavy atom. The number of carboxylic acids is 1. The van der Waals surface area contributed by atoms with Crippen molar-refractivity contribution in [3.8, 4) is 5.69 Å². The number of aliphatic carboxylic acids is 1. The fourth-order valence-corrected chi connectivity index (χ4v) is 2.75. The average molecular weight is 347 g/mol. The molecule has 1 atom stereocenters. The van der Waals surface area contributed by atoms with E-state index in [1.807, 2.05) is 0 Å². The molecule has 132 valence electrons. The van der Waals surface area contributed by atoms with Gasteiger partial charge in [0.2, 0.25) is 0 Å². The van der Waals surface area contributed by atoms with Gasteiger partial charge in [-0.1, -0.05) is 0 Å². The molecule has 1 fully saturated rings. The van der Waals surface area contributed by atoms with Crippen LogP contribution in [0.1, 0.15) is 23.3 Å². The molecule has 0 bridgehead atoms. The predicted molar refractivity (Wildman–Crippen MR) is 86.0 cm³/mol. The summed E-state index contributed by atoms with van der Waals surface area (Å²) in [6.45, 7) is 0.426. The molecule has 1 aromatic heterocycles. The third-order valence-corrected chi connectivity index (χ3v) is 3.96. The first-order valence-corrected chi connectivity index (χ1v) is 7.97. The van der Waals surface area contributed by atoms with Gasteiger partial charge in [0.1, 0.15) is 12.4 Å². The highest BCUT2D eigenvalue weighted by molar-refractivity contribution is 5.94. The van der Waals surface area contributed by atoms with E-state index in [0.717, 1.165) is 12.8 Å². The number of carbonyl (C=O) groups is 2. The van der Waals surface area contributed by atoms with Gasteiger partial charge in [0, 0.05) is 19.3 Å². The highest BCUT2D eigenvalue weighted by atomic mass is 19.1. The highest BCUT2D eigenvalue weighted by Gasteiger charge is 2.26. The standard InChI is InChI=1S/C17H18FN3O4/c18-12-3-5-13(6-4-12)21-8-7-15(19-21)17(24)20(11-16(22)23)10-14-2-1-9-25-14/h3-8,14H,1-2,9-11H2,(H,22,23). The molecule has 1 unspecified atom stereocenters. The third kappa shape index (κ3) is 4.21. The monoisotopic (exact) mass is 347 g/mol. The summed E-state index contributed by atoms with van der Waals surface area (Å²) in [6, 6.07) is 7.19. The van der Waals surface area contributed by atoms with E-state index >= 15 is 0 Å². The van der Waals surface area contributed by atoms with E-state index < -0.39 is 18.4 Å². The fraction of sp³-hybridized carbons (Fsp3) is 0.353. The number of hydrogen-bond acceptors (Lipinski definition) is 4. The smallest absolute Gasteiger partial charge is 0.323 e. The summed E-state index contributed by atoms with van der Waals surface area (Å²) in [5.41, 5.74) is 0.730. The molecule has 0 radical (unpaired) electrons. The van der Waals surface area contributed by atoms with Gasteiger partial charge >= 0.3 is 5.97 Å². The molecule has 2 heterocycles. The number of carbonyl (C=O) groups excluding carboxylic acids is 1. The molecule has 7 nitrogen and oxygen atoms in total. The van der Waals surface area contributed by atoms with Gasteiger partial charge in [-0.25, -0.2) is 9.07 Å². The molecule has 1 amide bonds. The van der Waals surface area contributed by atoms with Gasteiger partial charge in [-0.15, -0.1) is 0 Å². The number of benzene rings is 1. The summed E-state index contributed by atoms with van der Waals surface area (Å²) >= 11 is 0. The number of carboxylic acid groups (broad SMARTS) is 1. The van der Waals surface area contributed by atoms with Gasteiger partial charge in [0.05, 0.1) is 11.8 Å². The Bertz CT molecular complexity index is 754. The second kappa shape index (κ2) is 7.43. The van der Waals surface area contributed by atoms with Crippen LogP contribution in [0, 0.1) is 5.82 Å². The molecule has 3 rings (SSSR count). The maximum absolute atomic E-state index is 13.0. The molecule has 2 aromatic rings. The second-order valence-electron chi connectivity index (χ2n) is 5.84. The molecule has 8 heteroatoms. The Hall–Kier alpha value is -2.74. The number of halogens is 1. The van der Waals surface area contributed by atoms with Crippen molar-refractivity contribution < 1.29 is 23.8 Å². The molecule has 1 saturated heterocycles. The minimum atomic E-state index is -1.09. The number of ether oxygens (including phenoxy) is 1. The maximum Gasteiger partial charge on any atom is 0.323 e. The Morgan fingerprint density at radius 3 is 2.72 bits per heavy atom. The van der Waals surface area contributed by atoms with Crippen molar-refractivity contribution in [1.82, 2.24) is 14.7 Å². The van der Waals surface area contributed by atoms with Crippen LogP contribution in [0.2, 0.25) is 0 Å². The lowest BCUT2D eigenvalue weighted by atomic mass is 10.2. The molecule has 1 aliphatic heterocycles. The Labute approximate surface area is 143 Å². The zero-order valence-electron chi connectivity index (χ0n) is 13.5. The van der Waals surface area contributed by atoms with E-state index in [4.69, 9.17) is 9.84 Å². The highest BCUT2D eigenvalue weighted by Crippen LogP contribution is 2.15. The molecule has 1 aromatic carbocycles. The molecule has 1 N–H and O–H groups in total. The molecule has 0 spiro atoms. The Balaban J connectivity index is 1.76. The summed E-state index contributed by atoms with van der Waals surface area (Å²) in [4.78, 5) is 25.0. The van der Waals surface area contributed by atoms with Crippen molar-refractivity contribution in [2.45, 2.75) is 18.9 Å². The normalized spacial score (nSPS) is 16.8. The van der Waals surface area contributed by atoms with Crippen LogP contribution < -0.4 is 0 Å². The Kier molecular flexibility index (Phi) is 5.08. The number of amides is 1. The molecule has 1 aliphatic rings. The summed E-state index contributed by atoms with van der Waals surface area (Å²) < 4.78 is 19.9. The summed E-state index contributed by atoms with van der Waals surface area (Å²) in [5.74, 6) is -1.93. The van der Waals surface area contributed by atoms with Crippen LogP contribution in [0.3, 0.4) is 0 Å². The average Bonchev–Trinajstić information content (AvgIpc) is 3.25. The van der Waals surface area contributed by atoms with E-state index in [9.17, 15) is 14.0 Å². The van der Waals surface area contributed by atoms with Gasteiger partial charge in [0.15, 0.2) is 5.69 Å². The van der Waals surface area contributed by atoms with E-state index in [-0.39, 0.29) is 24.2 Å². The number of nitrogens with zero attached hydrogens (tertiary/aromatic N) is 3. The van der Waals surface area contributed by atoms with Crippen LogP contribution >= 0.6 is 0 Å². The second-order valence-corrected chi connectivity index (χ2v) is 5.84. The summed E-state index contributed by atoms with van der Waals surface area (Å²) in [6.07, 6.45) is 3.13. The van der Waals surface area contributed by atoms with Gasteiger partial charge in [0.25, 0.3) is 5.91 Å². The van der Waals surface area contributed by atoms with E-state index in [0.29, 0.717) is 12.3 Å². The third-order valence-electron chi connectivity index (χ3n) is 3.96. The first-order chi connectivity index (χ1) is 12.0. The molecule has 0 saturated carbocycles. The first kappa shape index (κ1) is 17.1. The number of rotatable bonds is 6. The fourth-order valence-electron chi connectivity index (χ4n) is 2.75. The van der Waals surface area contributed by atoms with Crippen LogP contribution in [-0.4, -0.2) is 57.5 Å². The topological polar surface area (TPSA) is 84.7 Å². The van der Waals surface area contributed by atoms with Crippen LogP contribution in [-0.2, 0) is 9.53 Å². The predicted octanol–water partition coefficient (Wildman–Crippen LogP) is 1.72. The summed E-state index contributed by atoms with van der Waals surface area (Å²) in [5, 5.41) is 13.2. The minimum absolute atomic E-state index is 0.128. The van der Waals surface area contributed by atoms with Crippen molar-refractivity contribution in [1.29, 1.82) is 0 Å². The first-order valence-electron chi connectivity index (χ1n) is 7.97. The van der Waals surface area contributed by atoms with E-state index in [2.05, 4.69) is 5.10 Å². The van der Waals surface area contributed by atoms with Crippen molar-refractivity contribution >= 4 is 11.9 Å². The Morgan fingerprint density at radius 1 is 1.32 bits per heavy atom. The maximum atomic E-state index is 13.0. The van der Waals surface area contributed by atoms with Crippen molar-refractivity contribution in [2.24, 2.45) is 0 Å². The molecular formula is C17H18FN3O4. The van der Waals surface area contributed by atoms with E-state index in [1.54, 1.807) is 6.20 Å². The molecular weight excluding hydrogens is 329 g/mol. The van der Waals surface area contributed by atoms with Crippen molar-refractivity contribution in [3.63, 3.8) is 0 Å². The van der Waals surface area contributed by atoms with Gasteiger partial charge in [-0.3, -0.25) is 9.59 Å².